The minimum atomic E-state index is -0.420. The molecular formula is C13H17N3O3. The molecular weight excluding hydrogens is 246 g/mol. The molecule has 1 aliphatic heterocycles. The van der Waals surface area contributed by atoms with Crippen LogP contribution in [-0.4, -0.2) is 49.3 Å². The Morgan fingerprint density at radius 1 is 1.26 bits per heavy atom. The summed E-state index contributed by atoms with van der Waals surface area (Å²) < 4.78 is 0. The van der Waals surface area contributed by atoms with Crippen LogP contribution in [0.25, 0.3) is 0 Å². The van der Waals surface area contributed by atoms with E-state index in [0.717, 1.165) is 32.6 Å². The minimum Gasteiger partial charge on any atom is -0.365 e. The van der Waals surface area contributed by atoms with Gasteiger partial charge < -0.3 is 9.80 Å². The molecule has 0 aromatic heterocycles. The lowest BCUT2D eigenvalue weighted by molar-refractivity contribution is -0.384. The van der Waals surface area contributed by atoms with Gasteiger partial charge in [-0.15, -0.1) is 0 Å². The number of likely N-dealkylation sites (N-methyl/N-ethyl adjacent to an activating group) is 1. The summed E-state index contributed by atoms with van der Waals surface area (Å²) in [5, 5.41) is 11.1. The molecule has 0 unspecified atom stereocenters. The van der Waals surface area contributed by atoms with Crippen molar-refractivity contribution in [1.29, 1.82) is 0 Å². The van der Waals surface area contributed by atoms with Crippen molar-refractivity contribution in [3.63, 3.8) is 0 Å². The number of hydrogen-bond acceptors (Lipinski definition) is 5. The van der Waals surface area contributed by atoms with E-state index in [-0.39, 0.29) is 5.69 Å². The first-order valence-corrected chi connectivity index (χ1v) is 6.29. The van der Waals surface area contributed by atoms with Gasteiger partial charge in [-0.1, -0.05) is 0 Å². The summed E-state index contributed by atoms with van der Waals surface area (Å²) in [5.41, 5.74) is 0.947. The van der Waals surface area contributed by atoms with E-state index in [4.69, 9.17) is 0 Å². The SMILES string of the molecule is CN1CCCN(c2ccc(C=O)cc2[N+](=O)[O-])CC1. The highest BCUT2D eigenvalue weighted by molar-refractivity contribution is 5.79. The van der Waals surface area contributed by atoms with E-state index >= 15 is 0 Å². The average Bonchev–Trinajstić information content (AvgIpc) is 2.62. The molecule has 1 aliphatic rings. The van der Waals surface area contributed by atoms with Crippen LogP contribution in [0, 0.1) is 10.1 Å². The first-order chi connectivity index (χ1) is 9.11. The lowest BCUT2D eigenvalue weighted by Gasteiger charge is -2.22. The van der Waals surface area contributed by atoms with Gasteiger partial charge in [0.05, 0.1) is 4.92 Å². The molecule has 0 bridgehead atoms. The summed E-state index contributed by atoms with van der Waals surface area (Å²) in [6.45, 7) is 3.44. The zero-order valence-electron chi connectivity index (χ0n) is 10.9. The maximum absolute atomic E-state index is 11.1. The second-order valence-corrected chi connectivity index (χ2v) is 4.77. The van der Waals surface area contributed by atoms with E-state index in [2.05, 4.69) is 4.90 Å². The molecule has 0 N–H and O–H groups in total. The van der Waals surface area contributed by atoms with Crippen LogP contribution in [0.3, 0.4) is 0 Å². The number of nitrogens with zero attached hydrogens (tertiary/aromatic N) is 3. The van der Waals surface area contributed by atoms with Gasteiger partial charge in [-0.2, -0.15) is 0 Å². The molecule has 0 atom stereocenters. The second-order valence-electron chi connectivity index (χ2n) is 4.77. The molecule has 0 aliphatic carbocycles. The van der Waals surface area contributed by atoms with Gasteiger partial charge in [0.25, 0.3) is 5.69 Å². The molecule has 102 valence electrons. The van der Waals surface area contributed by atoms with Gasteiger partial charge in [0.1, 0.15) is 12.0 Å². The molecule has 6 nitrogen and oxygen atoms in total. The Hall–Kier alpha value is -1.95. The van der Waals surface area contributed by atoms with Crippen molar-refractivity contribution < 1.29 is 9.72 Å². The molecule has 1 saturated heterocycles. The van der Waals surface area contributed by atoms with Crippen LogP contribution in [0.2, 0.25) is 0 Å². The smallest absolute Gasteiger partial charge is 0.293 e. The van der Waals surface area contributed by atoms with Crippen molar-refractivity contribution in [2.45, 2.75) is 6.42 Å². The number of rotatable bonds is 3. The van der Waals surface area contributed by atoms with Crippen molar-refractivity contribution in [2.75, 3.05) is 38.1 Å². The lowest BCUT2D eigenvalue weighted by Crippen LogP contribution is -2.29. The van der Waals surface area contributed by atoms with E-state index in [9.17, 15) is 14.9 Å². The number of hydrogen-bond donors (Lipinski definition) is 0. The quantitative estimate of drug-likeness (QED) is 0.470. The maximum atomic E-state index is 11.1. The van der Waals surface area contributed by atoms with Crippen LogP contribution >= 0.6 is 0 Å². The van der Waals surface area contributed by atoms with Crippen molar-refractivity contribution >= 4 is 17.7 Å². The molecule has 19 heavy (non-hydrogen) atoms. The fourth-order valence-corrected chi connectivity index (χ4v) is 2.31. The van der Waals surface area contributed by atoms with Crippen molar-refractivity contribution in [2.24, 2.45) is 0 Å². The van der Waals surface area contributed by atoms with Gasteiger partial charge >= 0.3 is 0 Å². The molecule has 1 aromatic carbocycles. The maximum Gasteiger partial charge on any atom is 0.293 e. The Bertz CT molecular complexity index is 490. The molecule has 0 saturated carbocycles. The zero-order valence-corrected chi connectivity index (χ0v) is 10.9. The average molecular weight is 263 g/mol. The van der Waals surface area contributed by atoms with Gasteiger partial charge in [0.2, 0.25) is 0 Å². The summed E-state index contributed by atoms with van der Waals surface area (Å²) in [6.07, 6.45) is 1.61. The highest BCUT2D eigenvalue weighted by Crippen LogP contribution is 2.29. The third-order valence-electron chi connectivity index (χ3n) is 3.39. The number of nitro groups is 1. The Labute approximate surface area is 111 Å². The third-order valence-corrected chi connectivity index (χ3v) is 3.39. The number of aldehydes is 1. The Kier molecular flexibility index (Phi) is 4.11. The van der Waals surface area contributed by atoms with Crippen LogP contribution in [0.1, 0.15) is 16.8 Å². The van der Waals surface area contributed by atoms with Gasteiger partial charge in [-0.05, 0) is 32.1 Å². The number of anilines is 1. The molecule has 0 radical (unpaired) electrons. The summed E-state index contributed by atoms with van der Waals surface area (Å²) in [7, 11) is 2.05. The third kappa shape index (κ3) is 3.08. The van der Waals surface area contributed by atoms with E-state index in [1.54, 1.807) is 12.1 Å². The second kappa shape index (κ2) is 5.79. The molecule has 1 aromatic rings. The summed E-state index contributed by atoms with van der Waals surface area (Å²) in [6, 6.07) is 4.65. The van der Waals surface area contributed by atoms with Gasteiger partial charge in [-0.25, -0.2) is 0 Å². The summed E-state index contributed by atoms with van der Waals surface area (Å²) in [5.74, 6) is 0. The lowest BCUT2D eigenvalue weighted by atomic mass is 10.1. The van der Waals surface area contributed by atoms with Crippen molar-refractivity contribution in [3.8, 4) is 0 Å². The molecule has 1 fully saturated rings. The largest absolute Gasteiger partial charge is 0.365 e. The molecule has 1 heterocycles. The molecule has 2 rings (SSSR count). The van der Waals surface area contributed by atoms with E-state index in [1.807, 2.05) is 11.9 Å². The first-order valence-electron chi connectivity index (χ1n) is 6.29. The number of carbonyl (C=O) groups is 1. The fraction of sp³-hybridized carbons (Fsp3) is 0.462. The van der Waals surface area contributed by atoms with Gasteiger partial charge in [-0.3, -0.25) is 14.9 Å². The van der Waals surface area contributed by atoms with E-state index < -0.39 is 4.92 Å². The van der Waals surface area contributed by atoms with Gasteiger partial charge in [0, 0.05) is 31.3 Å². The Morgan fingerprint density at radius 3 is 2.74 bits per heavy atom. The van der Waals surface area contributed by atoms with Crippen LogP contribution < -0.4 is 4.90 Å². The highest BCUT2D eigenvalue weighted by Gasteiger charge is 2.21. The predicted molar refractivity (Wildman–Crippen MR) is 72.8 cm³/mol. The van der Waals surface area contributed by atoms with E-state index in [1.165, 1.54) is 6.07 Å². The van der Waals surface area contributed by atoms with Gasteiger partial charge in [0.15, 0.2) is 0 Å². The summed E-state index contributed by atoms with van der Waals surface area (Å²) >= 11 is 0. The highest BCUT2D eigenvalue weighted by atomic mass is 16.6. The minimum absolute atomic E-state index is 0.00848. The van der Waals surface area contributed by atoms with Crippen molar-refractivity contribution in [3.05, 3.63) is 33.9 Å². The Morgan fingerprint density at radius 2 is 2.05 bits per heavy atom. The summed E-state index contributed by atoms with van der Waals surface area (Å²) in [4.78, 5) is 25.7. The molecule has 0 amide bonds. The normalized spacial score (nSPS) is 17.0. The standard InChI is InChI=1S/C13H17N3O3/c1-14-5-2-6-15(8-7-14)12-4-3-11(10-17)9-13(12)16(18)19/h3-4,9-10H,2,5-8H2,1H3. The predicted octanol–water partition coefficient (Wildman–Crippen LogP) is 1.55. The first kappa shape index (κ1) is 13.5. The number of carbonyl (C=O) groups excluding carboxylic acids is 1. The van der Waals surface area contributed by atoms with Crippen LogP contribution in [-0.2, 0) is 0 Å². The Balaban J connectivity index is 2.32. The van der Waals surface area contributed by atoms with E-state index in [0.29, 0.717) is 17.5 Å². The number of benzene rings is 1. The monoisotopic (exact) mass is 263 g/mol. The number of nitro benzene ring substituents is 1. The zero-order chi connectivity index (χ0) is 13.8. The molecule has 0 spiro atoms. The fourth-order valence-electron chi connectivity index (χ4n) is 2.31. The van der Waals surface area contributed by atoms with Crippen LogP contribution in [0.4, 0.5) is 11.4 Å². The van der Waals surface area contributed by atoms with Crippen molar-refractivity contribution in [1.82, 2.24) is 4.90 Å². The topological polar surface area (TPSA) is 66.7 Å². The van der Waals surface area contributed by atoms with Crippen LogP contribution in [0.15, 0.2) is 18.2 Å². The van der Waals surface area contributed by atoms with Crippen LogP contribution in [0.5, 0.6) is 0 Å². The molecule has 6 heteroatoms.